The van der Waals surface area contributed by atoms with Gasteiger partial charge in [0.2, 0.25) is 0 Å². The van der Waals surface area contributed by atoms with Crippen LogP contribution in [0.1, 0.15) is 32.3 Å². The van der Waals surface area contributed by atoms with Crippen molar-refractivity contribution in [2.45, 2.75) is 33.2 Å². The van der Waals surface area contributed by atoms with E-state index in [0.29, 0.717) is 5.41 Å². The Morgan fingerprint density at radius 1 is 1.28 bits per heavy atom. The number of methoxy groups -OCH3 is 1. The number of hydrogen-bond donors (Lipinski definition) is 0. The molecule has 0 aromatic heterocycles. The number of nitrogens with zero attached hydrogens (tertiary/aromatic N) is 1. The number of ether oxygens (including phenoxy) is 1. The summed E-state index contributed by atoms with van der Waals surface area (Å²) in [5, 5.41) is 0. The second-order valence-electron chi connectivity index (χ2n) is 5.90. The molecule has 100 valence electrons. The molecule has 1 aliphatic rings. The Balaban J connectivity index is 2.01. The van der Waals surface area contributed by atoms with Gasteiger partial charge in [-0.25, -0.2) is 0 Å². The van der Waals surface area contributed by atoms with Gasteiger partial charge in [0, 0.05) is 11.0 Å². The summed E-state index contributed by atoms with van der Waals surface area (Å²) in [5.41, 5.74) is 1.83. The molecule has 3 heteroatoms. The maximum absolute atomic E-state index is 5.29. The number of benzene rings is 1. The van der Waals surface area contributed by atoms with Crippen LogP contribution in [-0.4, -0.2) is 25.1 Å². The highest BCUT2D eigenvalue weighted by atomic mass is 79.9. The van der Waals surface area contributed by atoms with Gasteiger partial charge in [-0.05, 0) is 55.1 Å². The van der Waals surface area contributed by atoms with Crippen LogP contribution >= 0.6 is 15.9 Å². The van der Waals surface area contributed by atoms with E-state index in [2.05, 4.69) is 46.8 Å². The zero-order valence-corrected chi connectivity index (χ0v) is 13.1. The molecule has 1 saturated heterocycles. The summed E-state index contributed by atoms with van der Waals surface area (Å²) < 4.78 is 6.47. The van der Waals surface area contributed by atoms with Gasteiger partial charge in [0.15, 0.2) is 0 Å². The lowest BCUT2D eigenvalue weighted by atomic mass is 9.82. The molecule has 18 heavy (non-hydrogen) atoms. The van der Waals surface area contributed by atoms with Gasteiger partial charge in [0.1, 0.15) is 5.75 Å². The predicted octanol–water partition coefficient (Wildman–Crippen LogP) is 4.08. The molecule has 1 heterocycles. The lowest BCUT2D eigenvalue weighted by molar-refractivity contribution is 0.127. The van der Waals surface area contributed by atoms with Crippen LogP contribution in [0.2, 0.25) is 0 Å². The third-order valence-electron chi connectivity index (χ3n) is 3.86. The number of piperidine rings is 1. The Bertz CT molecular complexity index is 407. The van der Waals surface area contributed by atoms with Gasteiger partial charge in [-0.3, -0.25) is 4.90 Å². The lowest BCUT2D eigenvalue weighted by Crippen LogP contribution is -2.36. The SMILES string of the molecule is COc1ccc(Br)c(CN2CCC(C)(C)CC2)c1. The van der Waals surface area contributed by atoms with Gasteiger partial charge in [-0.2, -0.15) is 0 Å². The molecule has 0 bridgehead atoms. The molecule has 2 rings (SSSR count). The molecule has 0 unspecified atom stereocenters. The van der Waals surface area contributed by atoms with Crippen molar-refractivity contribution in [2.24, 2.45) is 5.41 Å². The summed E-state index contributed by atoms with van der Waals surface area (Å²) in [6.45, 7) is 8.12. The molecular formula is C15H22BrNO. The predicted molar refractivity (Wildman–Crippen MR) is 79.0 cm³/mol. The molecule has 0 aliphatic carbocycles. The van der Waals surface area contributed by atoms with E-state index < -0.39 is 0 Å². The first-order valence-electron chi connectivity index (χ1n) is 6.55. The molecule has 0 atom stereocenters. The van der Waals surface area contributed by atoms with Crippen LogP contribution in [0.3, 0.4) is 0 Å². The summed E-state index contributed by atoms with van der Waals surface area (Å²) >= 11 is 3.63. The van der Waals surface area contributed by atoms with Crippen LogP contribution in [0.5, 0.6) is 5.75 Å². The first-order chi connectivity index (χ1) is 8.50. The van der Waals surface area contributed by atoms with Gasteiger partial charge in [-0.1, -0.05) is 29.8 Å². The quantitative estimate of drug-likeness (QED) is 0.834. The maximum atomic E-state index is 5.29. The summed E-state index contributed by atoms with van der Waals surface area (Å²) in [7, 11) is 1.72. The fourth-order valence-electron chi connectivity index (χ4n) is 2.36. The summed E-state index contributed by atoms with van der Waals surface area (Å²) in [5.74, 6) is 0.936. The van der Waals surface area contributed by atoms with E-state index in [1.165, 1.54) is 36.0 Å². The highest BCUT2D eigenvalue weighted by Gasteiger charge is 2.25. The van der Waals surface area contributed by atoms with Gasteiger partial charge >= 0.3 is 0 Å². The van der Waals surface area contributed by atoms with Crippen molar-refractivity contribution in [3.63, 3.8) is 0 Å². The summed E-state index contributed by atoms with van der Waals surface area (Å²) in [4.78, 5) is 2.53. The maximum Gasteiger partial charge on any atom is 0.119 e. The van der Waals surface area contributed by atoms with E-state index >= 15 is 0 Å². The molecule has 1 aliphatic heterocycles. The molecule has 0 N–H and O–H groups in total. The molecule has 1 fully saturated rings. The van der Waals surface area contributed by atoms with Crippen molar-refractivity contribution in [2.75, 3.05) is 20.2 Å². The van der Waals surface area contributed by atoms with E-state index in [1.54, 1.807) is 7.11 Å². The normalized spacial score (nSPS) is 19.8. The largest absolute Gasteiger partial charge is 0.497 e. The summed E-state index contributed by atoms with van der Waals surface area (Å²) in [6, 6.07) is 6.19. The summed E-state index contributed by atoms with van der Waals surface area (Å²) in [6.07, 6.45) is 2.57. The van der Waals surface area contributed by atoms with Crippen molar-refractivity contribution >= 4 is 15.9 Å². The van der Waals surface area contributed by atoms with Gasteiger partial charge < -0.3 is 4.74 Å². The van der Waals surface area contributed by atoms with E-state index in [1.807, 2.05) is 6.07 Å². The van der Waals surface area contributed by atoms with Crippen molar-refractivity contribution in [1.29, 1.82) is 0 Å². The molecule has 0 spiro atoms. The molecule has 1 aromatic carbocycles. The lowest BCUT2D eigenvalue weighted by Gasteiger charge is -2.37. The average Bonchev–Trinajstić information content (AvgIpc) is 2.34. The van der Waals surface area contributed by atoms with Crippen molar-refractivity contribution in [1.82, 2.24) is 4.90 Å². The van der Waals surface area contributed by atoms with Crippen molar-refractivity contribution in [3.8, 4) is 5.75 Å². The Kier molecular flexibility index (Phi) is 4.33. The first kappa shape index (κ1) is 13.9. The van der Waals surface area contributed by atoms with Gasteiger partial charge in [0.05, 0.1) is 7.11 Å². The Morgan fingerprint density at radius 2 is 1.94 bits per heavy atom. The second kappa shape index (κ2) is 5.62. The number of rotatable bonds is 3. The standard InChI is InChI=1S/C15H22BrNO/c1-15(2)6-8-17(9-7-15)11-12-10-13(18-3)4-5-14(12)16/h4-5,10H,6-9,11H2,1-3H3. The van der Waals surface area contributed by atoms with Crippen molar-refractivity contribution < 1.29 is 4.74 Å². The smallest absolute Gasteiger partial charge is 0.119 e. The van der Waals surface area contributed by atoms with E-state index in [4.69, 9.17) is 4.74 Å². The van der Waals surface area contributed by atoms with Crippen LogP contribution < -0.4 is 4.74 Å². The minimum Gasteiger partial charge on any atom is -0.497 e. The molecule has 0 radical (unpaired) electrons. The minimum absolute atomic E-state index is 0.516. The number of halogens is 1. The minimum atomic E-state index is 0.516. The second-order valence-corrected chi connectivity index (χ2v) is 6.75. The topological polar surface area (TPSA) is 12.5 Å². The van der Waals surface area contributed by atoms with Crippen LogP contribution in [0, 0.1) is 5.41 Å². The third kappa shape index (κ3) is 3.48. The number of likely N-dealkylation sites (tertiary alicyclic amines) is 1. The van der Waals surface area contributed by atoms with E-state index in [-0.39, 0.29) is 0 Å². The van der Waals surface area contributed by atoms with E-state index in [9.17, 15) is 0 Å². The van der Waals surface area contributed by atoms with Gasteiger partial charge in [0.25, 0.3) is 0 Å². The third-order valence-corrected chi connectivity index (χ3v) is 4.63. The van der Waals surface area contributed by atoms with Crippen LogP contribution in [0.15, 0.2) is 22.7 Å². The molecule has 2 nitrogen and oxygen atoms in total. The van der Waals surface area contributed by atoms with E-state index in [0.717, 1.165) is 12.3 Å². The fourth-order valence-corrected chi connectivity index (χ4v) is 2.73. The Morgan fingerprint density at radius 3 is 2.56 bits per heavy atom. The van der Waals surface area contributed by atoms with Gasteiger partial charge in [-0.15, -0.1) is 0 Å². The highest BCUT2D eigenvalue weighted by molar-refractivity contribution is 9.10. The van der Waals surface area contributed by atoms with Crippen LogP contribution in [0.25, 0.3) is 0 Å². The first-order valence-corrected chi connectivity index (χ1v) is 7.34. The zero-order valence-electron chi connectivity index (χ0n) is 11.5. The van der Waals surface area contributed by atoms with Crippen LogP contribution in [-0.2, 0) is 6.54 Å². The molecular weight excluding hydrogens is 290 g/mol. The average molecular weight is 312 g/mol. The zero-order chi connectivity index (χ0) is 13.2. The molecule has 1 aromatic rings. The Labute approximate surface area is 118 Å². The Hall–Kier alpha value is -0.540. The molecule has 0 amide bonds. The van der Waals surface area contributed by atoms with Crippen molar-refractivity contribution in [3.05, 3.63) is 28.2 Å². The monoisotopic (exact) mass is 311 g/mol. The fraction of sp³-hybridized carbons (Fsp3) is 0.600. The highest BCUT2D eigenvalue weighted by Crippen LogP contribution is 2.31. The number of hydrogen-bond acceptors (Lipinski definition) is 2. The van der Waals surface area contributed by atoms with Crippen LogP contribution in [0.4, 0.5) is 0 Å². The molecule has 0 saturated carbocycles.